The maximum absolute atomic E-state index is 15.2. The molecule has 0 amide bonds. The summed E-state index contributed by atoms with van der Waals surface area (Å²) in [6.45, 7) is 3.89. The Bertz CT molecular complexity index is 1280. The third-order valence-corrected chi connectivity index (χ3v) is 5.27. The lowest BCUT2D eigenvalue weighted by molar-refractivity contribution is -0.141. The largest absolute Gasteiger partial charge is 0.492 e. The molecule has 0 bridgehead atoms. The summed E-state index contributed by atoms with van der Waals surface area (Å²) in [6, 6.07) is 8.97. The van der Waals surface area contributed by atoms with E-state index in [1.54, 1.807) is 6.92 Å². The molecule has 0 aliphatic rings. The standard InChI is InChI=1S/C23H18ClF4N3O/c1-3-18-30-21(16-7-5-6-10-31(16)18)14-11-15(24)20(25)19(22(14)32-4-2)13-8-9-17(29-12-13)23(26,27)28/h5-12H,3-4H2,1-2H3. The highest BCUT2D eigenvalue weighted by atomic mass is 35.5. The Morgan fingerprint density at radius 1 is 1.12 bits per heavy atom. The molecule has 166 valence electrons. The normalized spacial score (nSPS) is 11.8. The van der Waals surface area contributed by atoms with Gasteiger partial charge in [-0.3, -0.25) is 4.98 Å². The molecule has 4 rings (SSSR count). The highest BCUT2D eigenvalue weighted by Crippen LogP contribution is 2.45. The second-order valence-corrected chi connectivity index (χ2v) is 7.38. The average molecular weight is 464 g/mol. The van der Waals surface area contributed by atoms with Crippen molar-refractivity contribution in [3.8, 4) is 28.1 Å². The summed E-state index contributed by atoms with van der Waals surface area (Å²) in [5, 5.41) is -0.200. The van der Waals surface area contributed by atoms with Crippen molar-refractivity contribution >= 4 is 17.1 Å². The van der Waals surface area contributed by atoms with Crippen molar-refractivity contribution in [1.29, 1.82) is 0 Å². The van der Waals surface area contributed by atoms with E-state index in [0.29, 0.717) is 17.7 Å². The number of imidazole rings is 1. The zero-order valence-electron chi connectivity index (χ0n) is 17.2. The second-order valence-electron chi connectivity index (χ2n) is 6.97. The molecule has 3 heterocycles. The van der Waals surface area contributed by atoms with E-state index in [1.807, 2.05) is 35.7 Å². The number of ether oxygens (including phenoxy) is 1. The first kappa shape index (κ1) is 22.1. The minimum Gasteiger partial charge on any atom is -0.492 e. The summed E-state index contributed by atoms with van der Waals surface area (Å²) in [6.07, 6.45) is -1.12. The molecule has 32 heavy (non-hydrogen) atoms. The van der Waals surface area contributed by atoms with Gasteiger partial charge in [-0.1, -0.05) is 30.7 Å². The molecule has 0 fully saturated rings. The van der Waals surface area contributed by atoms with E-state index in [2.05, 4.69) is 4.98 Å². The second kappa shape index (κ2) is 8.43. The number of fused-ring (bicyclic) bond motifs is 1. The Morgan fingerprint density at radius 2 is 1.91 bits per heavy atom. The van der Waals surface area contributed by atoms with Crippen LogP contribution in [0.5, 0.6) is 5.75 Å². The van der Waals surface area contributed by atoms with Gasteiger partial charge in [0.25, 0.3) is 0 Å². The Labute approximate surface area is 186 Å². The van der Waals surface area contributed by atoms with E-state index in [4.69, 9.17) is 21.3 Å². The first-order valence-corrected chi connectivity index (χ1v) is 10.3. The van der Waals surface area contributed by atoms with Crippen molar-refractivity contribution in [3.63, 3.8) is 0 Å². The van der Waals surface area contributed by atoms with Crippen LogP contribution in [0.25, 0.3) is 27.9 Å². The Hall–Kier alpha value is -3.13. The van der Waals surface area contributed by atoms with Gasteiger partial charge >= 0.3 is 6.18 Å². The number of halogens is 5. The van der Waals surface area contributed by atoms with E-state index in [-0.39, 0.29) is 28.5 Å². The first-order valence-electron chi connectivity index (χ1n) is 9.91. The van der Waals surface area contributed by atoms with Crippen molar-refractivity contribution in [2.24, 2.45) is 0 Å². The van der Waals surface area contributed by atoms with Crippen LogP contribution in [0, 0.1) is 5.82 Å². The number of benzene rings is 1. The van der Waals surface area contributed by atoms with E-state index in [9.17, 15) is 13.2 Å². The SMILES string of the molecule is CCOc1c(-c2nc(CC)n3ccccc23)cc(Cl)c(F)c1-c1ccc(C(F)(F)F)nc1. The van der Waals surface area contributed by atoms with Crippen LogP contribution < -0.4 is 4.74 Å². The van der Waals surface area contributed by atoms with Crippen LogP contribution in [0.2, 0.25) is 5.02 Å². The number of pyridine rings is 2. The molecule has 0 spiro atoms. The molecule has 0 aliphatic heterocycles. The fourth-order valence-electron chi connectivity index (χ4n) is 3.60. The van der Waals surface area contributed by atoms with Gasteiger partial charge in [0.2, 0.25) is 0 Å². The zero-order chi connectivity index (χ0) is 23.0. The molecule has 0 radical (unpaired) electrons. The quantitative estimate of drug-likeness (QED) is 0.304. The minimum atomic E-state index is -4.61. The van der Waals surface area contributed by atoms with Gasteiger partial charge in [0.1, 0.15) is 23.0 Å². The molecule has 4 aromatic rings. The third kappa shape index (κ3) is 3.79. The Kier molecular flexibility index (Phi) is 5.81. The predicted molar refractivity (Wildman–Crippen MR) is 114 cm³/mol. The molecule has 4 nitrogen and oxygen atoms in total. The fourth-order valence-corrected chi connectivity index (χ4v) is 3.80. The number of alkyl halides is 3. The highest BCUT2D eigenvalue weighted by molar-refractivity contribution is 6.31. The van der Waals surface area contributed by atoms with Crippen LogP contribution in [-0.4, -0.2) is 21.0 Å². The number of aromatic nitrogens is 3. The number of hydrogen-bond donors (Lipinski definition) is 0. The molecule has 1 aromatic carbocycles. The number of hydrogen-bond acceptors (Lipinski definition) is 3. The first-order chi connectivity index (χ1) is 15.3. The molecule has 0 N–H and O–H groups in total. The molecule has 0 atom stereocenters. The molecule has 0 saturated carbocycles. The van der Waals surface area contributed by atoms with Crippen LogP contribution >= 0.6 is 11.6 Å². The molecular formula is C23H18ClF4N3O. The van der Waals surface area contributed by atoms with E-state index >= 15 is 4.39 Å². The smallest absolute Gasteiger partial charge is 0.433 e. The lowest BCUT2D eigenvalue weighted by atomic mass is 9.99. The maximum atomic E-state index is 15.2. The highest BCUT2D eigenvalue weighted by Gasteiger charge is 2.32. The van der Waals surface area contributed by atoms with Crippen LogP contribution in [0.1, 0.15) is 25.4 Å². The molecule has 0 saturated heterocycles. The molecule has 9 heteroatoms. The van der Waals surface area contributed by atoms with Crippen molar-refractivity contribution < 1.29 is 22.3 Å². The summed E-state index contributed by atoms with van der Waals surface area (Å²) in [5.41, 5.74) is 0.720. The molecule has 3 aromatic heterocycles. The van der Waals surface area contributed by atoms with E-state index in [1.165, 1.54) is 6.07 Å². The summed E-state index contributed by atoms with van der Waals surface area (Å²) in [4.78, 5) is 8.17. The van der Waals surface area contributed by atoms with Crippen molar-refractivity contribution in [1.82, 2.24) is 14.4 Å². The topological polar surface area (TPSA) is 39.4 Å². The lowest BCUT2D eigenvalue weighted by Gasteiger charge is -2.17. The van der Waals surface area contributed by atoms with Crippen LogP contribution in [0.4, 0.5) is 17.6 Å². The number of nitrogens with zero attached hydrogens (tertiary/aromatic N) is 3. The van der Waals surface area contributed by atoms with Crippen LogP contribution in [-0.2, 0) is 12.6 Å². The summed E-state index contributed by atoms with van der Waals surface area (Å²) < 4.78 is 61.7. The van der Waals surface area contributed by atoms with E-state index in [0.717, 1.165) is 29.7 Å². The Balaban J connectivity index is 2.00. The van der Waals surface area contributed by atoms with Gasteiger partial charge in [0, 0.05) is 29.9 Å². The monoisotopic (exact) mass is 463 g/mol. The van der Waals surface area contributed by atoms with Gasteiger partial charge in [0.15, 0.2) is 5.82 Å². The van der Waals surface area contributed by atoms with Gasteiger partial charge in [-0.2, -0.15) is 13.2 Å². The summed E-state index contributed by atoms with van der Waals surface area (Å²) in [7, 11) is 0. The zero-order valence-corrected chi connectivity index (χ0v) is 17.9. The van der Waals surface area contributed by atoms with Crippen molar-refractivity contribution in [3.05, 3.63) is 71.2 Å². The van der Waals surface area contributed by atoms with Gasteiger partial charge in [0.05, 0.1) is 22.7 Å². The molecule has 0 aliphatic carbocycles. The molecule has 0 unspecified atom stereocenters. The van der Waals surface area contributed by atoms with Gasteiger partial charge < -0.3 is 9.14 Å². The third-order valence-electron chi connectivity index (χ3n) is 5.00. The van der Waals surface area contributed by atoms with Crippen molar-refractivity contribution in [2.45, 2.75) is 26.4 Å². The maximum Gasteiger partial charge on any atom is 0.433 e. The average Bonchev–Trinajstić information content (AvgIpc) is 3.15. The predicted octanol–water partition coefficient (Wildman–Crippen LogP) is 6.84. The van der Waals surface area contributed by atoms with Gasteiger partial charge in [-0.15, -0.1) is 0 Å². The fraction of sp³-hybridized carbons (Fsp3) is 0.217. The Morgan fingerprint density at radius 3 is 2.53 bits per heavy atom. The lowest BCUT2D eigenvalue weighted by Crippen LogP contribution is -2.07. The molecular weight excluding hydrogens is 446 g/mol. The van der Waals surface area contributed by atoms with E-state index < -0.39 is 17.7 Å². The van der Waals surface area contributed by atoms with Gasteiger partial charge in [-0.05, 0) is 31.2 Å². The number of rotatable bonds is 5. The minimum absolute atomic E-state index is 0.0642. The van der Waals surface area contributed by atoms with Crippen LogP contribution in [0.15, 0.2) is 48.8 Å². The van der Waals surface area contributed by atoms with Crippen molar-refractivity contribution in [2.75, 3.05) is 6.61 Å². The summed E-state index contributed by atoms with van der Waals surface area (Å²) in [5.74, 6) is 0.123. The van der Waals surface area contributed by atoms with Gasteiger partial charge in [-0.25, -0.2) is 9.37 Å². The number of aryl methyl sites for hydroxylation is 1. The van der Waals surface area contributed by atoms with Crippen LogP contribution in [0.3, 0.4) is 0 Å². The summed E-state index contributed by atoms with van der Waals surface area (Å²) >= 11 is 6.22.